The SMILES string of the molecule is COc1cc(NC(=O)Cn2ccc3c(=O)n(C)c(=O)n(C)c32)cc(OC)c1OC. The number of hydrogen-bond acceptors (Lipinski definition) is 6. The molecule has 3 rings (SSSR count). The van der Waals surface area contributed by atoms with E-state index in [1.165, 1.54) is 32.9 Å². The molecule has 29 heavy (non-hydrogen) atoms. The molecule has 154 valence electrons. The summed E-state index contributed by atoms with van der Waals surface area (Å²) in [5.41, 5.74) is -0.0525. The number of hydrogen-bond donors (Lipinski definition) is 1. The highest BCUT2D eigenvalue weighted by atomic mass is 16.5. The fraction of sp³-hybridized carbons (Fsp3) is 0.316. The maximum atomic E-state index is 12.6. The lowest BCUT2D eigenvalue weighted by Gasteiger charge is -2.15. The standard InChI is InChI=1S/C19H22N4O6/c1-21-17-12(18(25)22(2)19(21)26)6-7-23(17)10-15(24)20-11-8-13(27-3)16(29-5)14(9-11)28-4/h6-9H,10H2,1-5H3,(H,20,24). The Kier molecular flexibility index (Phi) is 5.35. The van der Waals surface area contributed by atoms with E-state index in [0.717, 1.165) is 4.57 Å². The van der Waals surface area contributed by atoms with Gasteiger partial charge in [-0.1, -0.05) is 0 Å². The molecule has 1 amide bonds. The van der Waals surface area contributed by atoms with Gasteiger partial charge >= 0.3 is 5.69 Å². The molecule has 0 fully saturated rings. The van der Waals surface area contributed by atoms with Gasteiger partial charge in [0.05, 0.1) is 26.7 Å². The fourth-order valence-corrected chi connectivity index (χ4v) is 3.22. The highest BCUT2D eigenvalue weighted by Gasteiger charge is 2.17. The van der Waals surface area contributed by atoms with Gasteiger partial charge < -0.3 is 24.1 Å². The summed E-state index contributed by atoms with van der Waals surface area (Å²) in [6, 6.07) is 4.81. The van der Waals surface area contributed by atoms with E-state index in [9.17, 15) is 14.4 Å². The number of nitrogens with zero attached hydrogens (tertiary/aromatic N) is 3. The third-order valence-electron chi connectivity index (χ3n) is 4.62. The van der Waals surface area contributed by atoms with Gasteiger partial charge in [-0.05, 0) is 6.07 Å². The van der Waals surface area contributed by atoms with Crippen LogP contribution < -0.4 is 30.8 Å². The van der Waals surface area contributed by atoms with Crippen LogP contribution in [0.25, 0.3) is 11.0 Å². The second-order valence-corrected chi connectivity index (χ2v) is 6.35. The maximum absolute atomic E-state index is 12.6. The van der Waals surface area contributed by atoms with Gasteiger partial charge in [0.2, 0.25) is 11.7 Å². The molecule has 10 heteroatoms. The normalized spacial score (nSPS) is 10.8. The van der Waals surface area contributed by atoms with Crippen molar-refractivity contribution < 1.29 is 19.0 Å². The molecule has 0 spiro atoms. The van der Waals surface area contributed by atoms with Crippen LogP contribution in [0, 0.1) is 0 Å². The first-order valence-electron chi connectivity index (χ1n) is 8.67. The summed E-state index contributed by atoms with van der Waals surface area (Å²) < 4.78 is 19.7. The van der Waals surface area contributed by atoms with Gasteiger partial charge in [0.1, 0.15) is 12.2 Å². The summed E-state index contributed by atoms with van der Waals surface area (Å²) in [5.74, 6) is 0.860. The average Bonchev–Trinajstić information content (AvgIpc) is 3.13. The Hall–Kier alpha value is -3.69. The number of aryl methyl sites for hydroxylation is 1. The number of methoxy groups -OCH3 is 3. The molecule has 0 saturated carbocycles. The van der Waals surface area contributed by atoms with Crippen LogP contribution in [0.15, 0.2) is 34.0 Å². The molecule has 10 nitrogen and oxygen atoms in total. The zero-order valence-electron chi connectivity index (χ0n) is 16.8. The van der Waals surface area contributed by atoms with Crippen LogP contribution in [-0.2, 0) is 25.4 Å². The van der Waals surface area contributed by atoms with Crippen LogP contribution in [0.1, 0.15) is 0 Å². The molecule has 1 N–H and O–H groups in total. The Morgan fingerprint density at radius 1 is 1.00 bits per heavy atom. The Morgan fingerprint density at radius 3 is 2.17 bits per heavy atom. The predicted octanol–water partition coefficient (Wildman–Crippen LogP) is 0.703. The quantitative estimate of drug-likeness (QED) is 0.651. The number of rotatable bonds is 6. The lowest BCUT2D eigenvalue weighted by molar-refractivity contribution is -0.116. The Bertz CT molecular complexity index is 1180. The molecule has 0 aliphatic heterocycles. The number of nitrogens with one attached hydrogen (secondary N) is 1. The maximum Gasteiger partial charge on any atom is 0.332 e. The largest absolute Gasteiger partial charge is 0.493 e. The lowest BCUT2D eigenvalue weighted by Crippen LogP contribution is -2.37. The molecule has 0 unspecified atom stereocenters. The number of aromatic nitrogens is 3. The molecule has 2 aromatic heterocycles. The summed E-state index contributed by atoms with van der Waals surface area (Å²) in [5, 5.41) is 3.12. The van der Waals surface area contributed by atoms with Gasteiger partial charge in [0, 0.05) is 38.1 Å². The van der Waals surface area contributed by atoms with Crippen LogP contribution in [0.4, 0.5) is 5.69 Å². The molecule has 0 aliphatic carbocycles. The van der Waals surface area contributed by atoms with E-state index in [4.69, 9.17) is 14.2 Å². The average molecular weight is 402 g/mol. The summed E-state index contributed by atoms with van der Waals surface area (Å²) in [4.78, 5) is 37.1. The fourth-order valence-electron chi connectivity index (χ4n) is 3.22. The second kappa shape index (κ2) is 7.74. The van der Waals surface area contributed by atoms with E-state index >= 15 is 0 Å². The van der Waals surface area contributed by atoms with E-state index in [2.05, 4.69) is 5.32 Å². The van der Waals surface area contributed by atoms with Crippen molar-refractivity contribution in [2.24, 2.45) is 14.1 Å². The van der Waals surface area contributed by atoms with E-state index in [1.54, 1.807) is 36.0 Å². The number of carbonyl (C=O) groups is 1. The molecule has 1 aromatic carbocycles. The zero-order valence-corrected chi connectivity index (χ0v) is 16.8. The van der Waals surface area contributed by atoms with Crippen LogP contribution in [0.5, 0.6) is 17.2 Å². The monoisotopic (exact) mass is 402 g/mol. The van der Waals surface area contributed by atoms with E-state index in [0.29, 0.717) is 34.0 Å². The van der Waals surface area contributed by atoms with Crippen molar-refractivity contribution >= 4 is 22.6 Å². The van der Waals surface area contributed by atoms with Crippen molar-refractivity contribution in [2.45, 2.75) is 6.54 Å². The predicted molar refractivity (Wildman–Crippen MR) is 107 cm³/mol. The first-order valence-corrected chi connectivity index (χ1v) is 8.67. The summed E-state index contributed by atoms with van der Waals surface area (Å²) >= 11 is 0. The van der Waals surface area contributed by atoms with Gasteiger partial charge in [-0.15, -0.1) is 0 Å². The third kappa shape index (κ3) is 3.44. The molecule has 0 bridgehead atoms. The van der Waals surface area contributed by atoms with Gasteiger partial charge in [-0.25, -0.2) is 4.79 Å². The minimum absolute atomic E-state index is 0.0966. The van der Waals surface area contributed by atoms with Crippen LogP contribution in [0.3, 0.4) is 0 Å². The highest BCUT2D eigenvalue weighted by molar-refractivity contribution is 5.92. The van der Waals surface area contributed by atoms with Gasteiger partial charge in [-0.3, -0.25) is 18.7 Å². The number of anilines is 1. The van der Waals surface area contributed by atoms with E-state index in [-0.39, 0.29) is 12.5 Å². The Labute approximate surface area is 165 Å². The molecule has 0 saturated heterocycles. The minimum Gasteiger partial charge on any atom is -0.493 e. The zero-order chi connectivity index (χ0) is 21.3. The molecular formula is C19H22N4O6. The van der Waals surface area contributed by atoms with Crippen molar-refractivity contribution in [3.8, 4) is 17.2 Å². The van der Waals surface area contributed by atoms with Crippen LogP contribution in [-0.4, -0.2) is 40.9 Å². The number of carbonyl (C=O) groups excluding carboxylic acids is 1. The molecular weight excluding hydrogens is 380 g/mol. The van der Waals surface area contributed by atoms with Gasteiger partial charge in [-0.2, -0.15) is 0 Å². The molecule has 2 heterocycles. The summed E-state index contributed by atoms with van der Waals surface area (Å²) in [6.07, 6.45) is 1.60. The second-order valence-electron chi connectivity index (χ2n) is 6.35. The number of ether oxygens (including phenoxy) is 3. The van der Waals surface area contributed by atoms with E-state index < -0.39 is 11.2 Å². The first-order chi connectivity index (χ1) is 13.8. The Balaban J connectivity index is 1.93. The molecule has 0 aliphatic rings. The van der Waals surface area contributed by atoms with E-state index in [1.807, 2.05) is 0 Å². The molecule has 3 aromatic rings. The van der Waals surface area contributed by atoms with Crippen molar-refractivity contribution in [1.29, 1.82) is 0 Å². The smallest absolute Gasteiger partial charge is 0.332 e. The van der Waals surface area contributed by atoms with Crippen molar-refractivity contribution in [1.82, 2.24) is 13.7 Å². The first kappa shape index (κ1) is 20.1. The lowest BCUT2D eigenvalue weighted by atomic mass is 10.2. The minimum atomic E-state index is -0.465. The summed E-state index contributed by atoms with van der Waals surface area (Å²) in [6.45, 7) is -0.0966. The number of fused-ring (bicyclic) bond motifs is 1. The third-order valence-corrected chi connectivity index (χ3v) is 4.62. The number of benzene rings is 1. The van der Waals surface area contributed by atoms with Crippen LogP contribution >= 0.6 is 0 Å². The van der Waals surface area contributed by atoms with Gasteiger partial charge in [0.15, 0.2) is 11.5 Å². The van der Waals surface area contributed by atoms with Crippen molar-refractivity contribution in [2.75, 3.05) is 26.6 Å². The molecule has 0 atom stereocenters. The van der Waals surface area contributed by atoms with Crippen molar-refractivity contribution in [3.63, 3.8) is 0 Å². The topological polar surface area (TPSA) is 106 Å². The highest BCUT2D eigenvalue weighted by Crippen LogP contribution is 2.39. The van der Waals surface area contributed by atoms with Crippen LogP contribution in [0.2, 0.25) is 0 Å². The van der Waals surface area contributed by atoms with Gasteiger partial charge in [0.25, 0.3) is 5.56 Å². The Morgan fingerprint density at radius 2 is 1.62 bits per heavy atom. The summed E-state index contributed by atoms with van der Waals surface area (Å²) in [7, 11) is 7.42. The number of amides is 1. The van der Waals surface area contributed by atoms with Crippen molar-refractivity contribution in [3.05, 3.63) is 45.2 Å². The molecule has 0 radical (unpaired) electrons.